The minimum absolute atomic E-state index is 0.0440. The summed E-state index contributed by atoms with van der Waals surface area (Å²) in [6, 6.07) is 3.81. The van der Waals surface area contributed by atoms with Crippen LogP contribution in [0.4, 0.5) is 0 Å². The zero-order valence-corrected chi connectivity index (χ0v) is 12.9. The van der Waals surface area contributed by atoms with Gasteiger partial charge in [0.1, 0.15) is 24.7 Å². The van der Waals surface area contributed by atoms with E-state index in [-0.39, 0.29) is 12.9 Å². The maximum Gasteiger partial charge on any atom is 0.188 e. The lowest BCUT2D eigenvalue weighted by Crippen LogP contribution is -2.25. The van der Waals surface area contributed by atoms with E-state index in [1.54, 1.807) is 14.2 Å². The van der Waals surface area contributed by atoms with E-state index < -0.39 is 0 Å². The summed E-state index contributed by atoms with van der Waals surface area (Å²) in [5.41, 5.74) is 2.83. The molecule has 0 saturated heterocycles. The molecule has 0 aromatic heterocycles. The highest BCUT2D eigenvalue weighted by Gasteiger charge is 2.26. The SMILES string of the molecule is C/C=C/c1cc(OCOC)cc2c1/C(=N/OC)CC(C)O2. The molecule has 5 heteroatoms. The second-order valence-electron chi connectivity index (χ2n) is 4.79. The molecule has 2 rings (SSSR count). The molecule has 1 aliphatic heterocycles. The van der Waals surface area contributed by atoms with E-state index in [4.69, 9.17) is 19.0 Å². The van der Waals surface area contributed by atoms with Crippen LogP contribution in [0.3, 0.4) is 0 Å². The Labute approximate surface area is 125 Å². The summed E-state index contributed by atoms with van der Waals surface area (Å²) in [4.78, 5) is 4.97. The van der Waals surface area contributed by atoms with Crippen molar-refractivity contribution in [2.75, 3.05) is 21.0 Å². The van der Waals surface area contributed by atoms with Crippen LogP contribution >= 0.6 is 0 Å². The van der Waals surface area contributed by atoms with E-state index in [1.807, 2.05) is 38.1 Å². The Morgan fingerprint density at radius 2 is 2.19 bits per heavy atom. The highest BCUT2D eigenvalue weighted by Crippen LogP contribution is 2.35. The molecule has 0 bridgehead atoms. The van der Waals surface area contributed by atoms with Crippen molar-refractivity contribution in [1.29, 1.82) is 0 Å². The molecule has 0 radical (unpaired) electrons. The Bertz CT molecular complexity index is 551. The molecular weight excluding hydrogens is 270 g/mol. The van der Waals surface area contributed by atoms with Gasteiger partial charge in [-0.1, -0.05) is 17.3 Å². The Morgan fingerprint density at radius 1 is 1.38 bits per heavy atom. The van der Waals surface area contributed by atoms with Gasteiger partial charge in [0.2, 0.25) is 0 Å². The van der Waals surface area contributed by atoms with Crippen molar-refractivity contribution in [3.8, 4) is 11.5 Å². The normalized spacial score (nSPS) is 19.4. The van der Waals surface area contributed by atoms with Gasteiger partial charge in [-0.2, -0.15) is 0 Å². The molecule has 1 atom stereocenters. The number of allylic oxidation sites excluding steroid dienone is 1. The molecule has 0 N–H and O–H groups in total. The fourth-order valence-electron chi connectivity index (χ4n) is 2.36. The van der Waals surface area contributed by atoms with Crippen molar-refractivity contribution in [3.05, 3.63) is 29.3 Å². The molecule has 21 heavy (non-hydrogen) atoms. The van der Waals surface area contributed by atoms with Gasteiger partial charge < -0.3 is 19.0 Å². The third-order valence-electron chi connectivity index (χ3n) is 3.09. The molecule has 5 nitrogen and oxygen atoms in total. The maximum absolute atomic E-state index is 5.92. The standard InChI is InChI=1S/C16H21NO4/c1-5-6-12-8-13(20-10-18-3)9-15-16(12)14(17-19-4)7-11(2)21-15/h5-6,8-9,11H,7,10H2,1-4H3/b6-5+,17-14+. The number of rotatable bonds is 5. The molecule has 1 aliphatic rings. The average Bonchev–Trinajstić information content (AvgIpc) is 2.45. The summed E-state index contributed by atoms with van der Waals surface area (Å²) in [6.45, 7) is 4.17. The molecule has 0 amide bonds. The Morgan fingerprint density at radius 3 is 2.86 bits per heavy atom. The zero-order valence-electron chi connectivity index (χ0n) is 12.9. The smallest absolute Gasteiger partial charge is 0.188 e. The lowest BCUT2D eigenvalue weighted by molar-refractivity contribution is 0.0508. The average molecular weight is 291 g/mol. The van der Waals surface area contributed by atoms with Crippen molar-refractivity contribution in [2.24, 2.45) is 5.16 Å². The van der Waals surface area contributed by atoms with Crippen LogP contribution in [0.1, 0.15) is 31.4 Å². The number of fused-ring (bicyclic) bond motifs is 1. The van der Waals surface area contributed by atoms with Crippen LogP contribution < -0.4 is 9.47 Å². The predicted octanol–water partition coefficient (Wildman–Crippen LogP) is 3.22. The largest absolute Gasteiger partial charge is 0.489 e. The van der Waals surface area contributed by atoms with Crippen LogP contribution in [0.2, 0.25) is 0 Å². The lowest BCUT2D eigenvalue weighted by Gasteiger charge is -2.26. The number of methoxy groups -OCH3 is 1. The van der Waals surface area contributed by atoms with Gasteiger partial charge in [-0.05, 0) is 25.5 Å². The summed E-state index contributed by atoms with van der Waals surface area (Å²) in [5, 5.41) is 4.15. The summed E-state index contributed by atoms with van der Waals surface area (Å²) >= 11 is 0. The van der Waals surface area contributed by atoms with Crippen molar-refractivity contribution >= 4 is 11.8 Å². The van der Waals surface area contributed by atoms with Gasteiger partial charge in [-0.3, -0.25) is 0 Å². The lowest BCUT2D eigenvalue weighted by atomic mass is 9.95. The van der Waals surface area contributed by atoms with Crippen molar-refractivity contribution < 1.29 is 19.0 Å². The van der Waals surface area contributed by atoms with Crippen LogP contribution in [0.25, 0.3) is 6.08 Å². The highest BCUT2D eigenvalue weighted by atomic mass is 16.7. The number of benzene rings is 1. The molecule has 0 aliphatic carbocycles. The molecular formula is C16H21NO4. The highest BCUT2D eigenvalue weighted by molar-refractivity contribution is 6.06. The summed E-state index contributed by atoms with van der Waals surface area (Å²) in [6.07, 6.45) is 4.73. The van der Waals surface area contributed by atoms with Gasteiger partial charge in [0.25, 0.3) is 0 Å². The van der Waals surface area contributed by atoms with Gasteiger partial charge in [0, 0.05) is 25.2 Å². The maximum atomic E-state index is 5.92. The second kappa shape index (κ2) is 7.13. The first-order valence-corrected chi connectivity index (χ1v) is 6.89. The van der Waals surface area contributed by atoms with Gasteiger partial charge >= 0.3 is 0 Å². The van der Waals surface area contributed by atoms with E-state index in [0.717, 1.165) is 22.6 Å². The molecule has 114 valence electrons. The Hall–Kier alpha value is -2.01. The topological polar surface area (TPSA) is 49.3 Å². The van der Waals surface area contributed by atoms with E-state index in [9.17, 15) is 0 Å². The molecule has 1 aromatic rings. The van der Waals surface area contributed by atoms with Crippen molar-refractivity contribution in [1.82, 2.24) is 0 Å². The monoisotopic (exact) mass is 291 g/mol. The van der Waals surface area contributed by atoms with Crippen LogP contribution in [0.5, 0.6) is 11.5 Å². The first-order valence-electron chi connectivity index (χ1n) is 6.89. The first-order chi connectivity index (χ1) is 10.2. The molecule has 1 unspecified atom stereocenters. The van der Waals surface area contributed by atoms with Crippen LogP contribution in [-0.2, 0) is 9.57 Å². The molecule has 1 aromatic carbocycles. The number of oxime groups is 1. The van der Waals surface area contributed by atoms with Crippen LogP contribution in [0, 0.1) is 0 Å². The van der Waals surface area contributed by atoms with Crippen molar-refractivity contribution in [2.45, 2.75) is 26.4 Å². The van der Waals surface area contributed by atoms with E-state index in [1.165, 1.54) is 0 Å². The minimum Gasteiger partial charge on any atom is -0.489 e. The molecule has 0 saturated carbocycles. The molecule has 1 heterocycles. The van der Waals surface area contributed by atoms with Gasteiger partial charge in [-0.25, -0.2) is 0 Å². The third-order valence-corrected chi connectivity index (χ3v) is 3.09. The van der Waals surface area contributed by atoms with Gasteiger partial charge in [0.05, 0.1) is 5.71 Å². The quantitative estimate of drug-likeness (QED) is 0.617. The summed E-state index contributed by atoms with van der Waals surface area (Å²) in [7, 11) is 3.14. The fourth-order valence-corrected chi connectivity index (χ4v) is 2.36. The Kier molecular flexibility index (Phi) is 5.22. The fraction of sp³-hybridized carbons (Fsp3) is 0.438. The van der Waals surface area contributed by atoms with E-state index >= 15 is 0 Å². The Balaban J connectivity index is 2.51. The predicted molar refractivity (Wildman–Crippen MR) is 81.9 cm³/mol. The summed E-state index contributed by atoms with van der Waals surface area (Å²) < 4.78 is 16.4. The van der Waals surface area contributed by atoms with E-state index in [0.29, 0.717) is 12.2 Å². The number of hydrogen-bond acceptors (Lipinski definition) is 5. The number of nitrogens with zero attached hydrogens (tertiary/aromatic N) is 1. The van der Waals surface area contributed by atoms with Gasteiger partial charge in [-0.15, -0.1) is 0 Å². The first kappa shape index (κ1) is 15.4. The minimum atomic E-state index is 0.0440. The van der Waals surface area contributed by atoms with Crippen molar-refractivity contribution in [3.63, 3.8) is 0 Å². The number of hydrogen-bond donors (Lipinski definition) is 0. The van der Waals surface area contributed by atoms with Gasteiger partial charge in [0.15, 0.2) is 6.79 Å². The number of ether oxygens (including phenoxy) is 3. The van der Waals surface area contributed by atoms with Crippen LogP contribution in [0.15, 0.2) is 23.4 Å². The molecule has 0 fully saturated rings. The van der Waals surface area contributed by atoms with Crippen LogP contribution in [-0.4, -0.2) is 32.8 Å². The third kappa shape index (κ3) is 3.55. The zero-order chi connectivity index (χ0) is 15.2. The van der Waals surface area contributed by atoms with E-state index in [2.05, 4.69) is 5.16 Å². The second-order valence-corrected chi connectivity index (χ2v) is 4.79. The molecule has 0 spiro atoms. The summed E-state index contributed by atoms with van der Waals surface area (Å²) in [5.74, 6) is 1.46.